The predicted molar refractivity (Wildman–Crippen MR) is 69.2 cm³/mol. The van der Waals surface area contributed by atoms with Gasteiger partial charge in [0.25, 0.3) is 0 Å². The molecule has 0 fully saturated rings. The van der Waals surface area contributed by atoms with Gasteiger partial charge in [-0.15, -0.1) is 0 Å². The summed E-state index contributed by atoms with van der Waals surface area (Å²) >= 11 is 6.12. The summed E-state index contributed by atoms with van der Waals surface area (Å²) in [4.78, 5) is 24.5. The third-order valence-corrected chi connectivity index (χ3v) is 3.63. The van der Waals surface area contributed by atoms with Gasteiger partial charge in [0.2, 0.25) is 5.91 Å². The zero-order valence-electron chi connectivity index (χ0n) is 10.2. The number of amides is 1. The molecule has 4 nitrogen and oxygen atoms in total. The Labute approximate surface area is 110 Å². The smallest absolute Gasteiger partial charge is 0.311 e. The number of hydrogen-bond donors (Lipinski definition) is 1. The number of carboxylic acids is 1. The van der Waals surface area contributed by atoms with Gasteiger partial charge in [-0.3, -0.25) is 9.59 Å². The number of benzene rings is 1. The fraction of sp³-hybridized carbons (Fsp3) is 0.385. The monoisotopic (exact) mass is 267 g/mol. The van der Waals surface area contributed by atoms with Crippen LogP contribution in [0.5, 0.6) is 0 Å². The van der Waals surface area contributed by atoms with Crippen LogP contribution in [0.25, 0.3) is 0 Å². The maximum Gasteiger partial charge on any atom is 0.311 e. The number of carbonyl (C=O) groups excluding carboxylic acids is 1. The summed E-state index contributed by atoms with van der Waals surface area (Å²) in [6, 6.07) is 3.50. The molecule has 0 saturated heterocycles. The van der Waals surface area contributed by atoms with Crippen LogP contribution in [0.2, 0.25) is 5.02 Å². The number of anilines is 1. The summed E-state index contributed by atoms with van der Waals surface area (Å²) < 4.78 is 0. The Morgan fingerprint density at radius 3 is 2.67 bits per heavy atom. The summed E-state index contributed by atoms with van der Waals surface area (Å²) in [5, 5.41) is 9.67. The quantitative estimate of drug-likeness (QED) is 0.851. The Balaban J connectivity index is 2.67. The first-order valence-electron chi connectivity index (χ1n) is 5.73. The molecular formula is C13H14ClNO3. The average molecular weight is 268 g/mol. The highest BCUT2D eigenvalue weighted by molar-refractivity contribution is 6.32. The minimum atomic E-state index is -0.896. The highest BCUT2D eigenvalue weighted by Gasteiger charge is 2.34. The second-order valence-corrected chi connectivity index (χ2v) is 4.88. The molecule has 0 aromatic heterocycles. The van der Waals surface area contributed by atoms with Crippen LogP contribution in [0.3, 0.4) is 0 Å². The van der Waals surface area contributed by atoms with Gasteiger partial charge in [0.1, 0.15) is 0 Å². The lowest BCUT2D eigenvalue weighted by molar-refractivity contribution is -0.139. The van der Waals surface area contributed by atoms with Gasteiger partial charge in [-0.05, 0) is 25.0 Å². The average Bonchev–Trinajstić information content (AvgIpc) is 2.32. The number of nitrogens with zero attached hydrogens (tertiary/aromatic N) is 1. The van der Waals surface area contributed by atoms with Crippen LogP contribution in [-0.2, 0) is 9.59 Å². The van der Waals surface area contributed by atoms with Gasteiger partial charge in [0.15, 0.2) is 0 Å². The second-order valence-electron chi connectivity index (χ2n) is 4.48. The van der Waals surface area contributed by atoms with Crippen LogP contribution in [0, 0.1) is 6.92 Å². The molecule has 1 amide bonds. The largest absolute Gasteiger partial charge is 0.481 e. The SMILES string of the molecule is CC(=O)N1CCC(C(=O)O)c2c(Cl)ccc(C)c21. The zero-order valence-corrected chi connectivity index (χ0v) is 11.0. The number of aryl methyl sites for hydroxylation is 1. The molecule has 1 atom stereocenters. The number of carbonyl (C=O) groups is 2. The van der Waals surface area contributed by atoms with Crippen LogP contribution in [-0.4, -0.2) is 23.5 Å². The molecule has 1 aliphatic rings. The molecule has 0 radical (unpaired) electrons. The van der Waals surface area contributed by atoms with Crippen molar-refractivity contribution in [2.45, 2.75) is 26.2 Å². The minimum Gasteiger partial charge on any atom is -0.481 e. The number of aliphatic carboxylic acids is 1. The van der Waals surface area contributed by atoms with E-state index < -0.39 is 11.9 Å². The van der Waals surface area contributed by atoms with Crippen molar-refractivity contribution in [3.8, 4) is 0 Å². The van der Waals surface area contributed by atoms with E-state index in [1.807, 2.05) is 6.92 Å². The minimum absolute atomic E-state index is 0.0922. The summed E-state index contributed by atoms with van der Waals surface area (Å²) in [6.45, 7) is 3.75. The number of fused-ring (bicyclic) bond motifs is 1. The lowest BCUT2D eigenvalue weighted by Crippen LogP contribution is -2.37. The molecule has 0 aliphatic carbocycles. The fourth-order valence-electron chi connectivity index (χ4n) is 2.46. The standard InChI is InChI=1S/C13H14ClNO3/c1-7-3-4-10(14)11-9(13(17)18)5-6-15(8(2)16)12(7)11/h3-4,9H,5-6H2,1-2H3,(H,17,18). The highest BCUT2D eigenvalue weighted by atomic mass is 35.5. The molecule has 1 aromatic rings. The van der Waals surface area contributed by atoms with Crippen LogP contribution >= 0.6 is 11.6 Å². The Hall–Kier alpha value is -1.55. The van der Waals surface area contributed by atoms with Crippen LogP contribution in [0.15, 0.2) is 12.1 Å². The van der Waals surface area contributed by atoms with E-state index in [1.54, 1.807) is 17.0 Å². The van der Waals surface area contributed by atoms with Crippen molar-refractivity contribution in [2.75, 3.05) is 11.4 Å². The molecule has 96 valence electrons. The van der Waals surface area contributed by atoms with Crippen molar-refractivity contribution in [1.82, 2.24) is 0 Å². The number of carboxylic acid groups (broad SMARTS) is 1. The van der Waals surface area contributed by atoms with E-state index in [4.69, 9.17) is 11.6 Å². The first-order valence-corrected chi connectivity index (χ1v) is 6.11. The molecule has 1 aliphatic heterocycles. The third-order valence-electron chi connectivity index (χ3n) is 3.30. The van der Waals surface area contributed by atoms with Gasteiger partial charge in [-0.2, -0.15) is 0 Å². The lowest BCUT2D eigenvalue weighted by Gasteiger charge is -2.34. The normalized spacial score (nSPS) is 18.4. The lowest BCUT2D eigenvalue weighted by atomic mass is 9.88. The van der Waals surface area contributed by atoms with E-state index in [0.717, 1.165) is 5.56 Å². The van der Waals surface area contributed by atoms with E-state index >= 15 is 0 Å². The topological polar surface area (TPSA) is 57.6 Å². The van der Waals surface area contributed by atoms with Gasteiger partial charge in [0.05, 0.1) is 11.6 Å². The van der Waals surface area contributed by atoms with Crippen LogP contribution < -0.4 is 4.90 Å². The van der Waals surface area contributed by atoms with Crippen molar-refractivity contribution < 1.29 is 14.7 Å². The van der Waals surface area contributed by atoms with Gasteiger partial charge < -0.3 is 10.0 Å². The Kier molecular flexibility index (Phi) is 3.30. The van der Waals surface area contributed by atoms with Gasteiger partial charge in [0, 0.05) is 24.1 Å². The van der Waals surface area contributed by atoms with Gasteiger partial charge in [-0.25, -0.2) is 0 Å². The Morgan fingerprint density at radius 1 is 1.44 bits per heavy atom. The van der Waals surface area contributed by atoms with Crippen LogP contribution in [0.1, 0.15) is 30.4 Å². The van der Waals surface area contributed by atoms with Crippen molar-refractivity contribution in [3.63, 3.8) is 0 Å². The molecule has 1 N–H and O–H groups in total. The Morgan fingerprint density at radius 2 is 2.11 bits per heavy atom. The molecule has 0 spiro atoms. The molecule has 0 bridgehead atoms. The molecule has 5 heteroatoms. The highest BCUT2D eigenvalue weighted by Crippen LogP contribution is 2.42. The summed E-state index contributed by atoms with van der Waals surface area (Å²) in [7, 11) is 0. The third kappa shape index (κ3) is 1.97. The molecule has 1 aromatic carbocycles. The van der Waals surface area contributed by atoms with Crippen molar-refractivity contribution in [3.05, 3.63) is 28.3 Å². The summed E-state index contributed by atoms with van der Waals surface area (Å²) in [5.74, 6) is -1.62. The van der Waals surface area contributed by atoms with Gasteiger partial charge >= 0.3 is 5.97 Å². The maximum absolute atomic E-state index is 11.6. The molecule has 18 heavy (non-hydrogen) atoms. The fourth-order valence-corrected chi connectivity index (χ4v) is 2.74. The molecule has 2 rings (SSSR count). The first-order chi connectivity index (χ1) is 8.43. The maximum atomic E-state index is 11.6. The summed E-state index contributed by atoms with van der Waals surface area (Å²) in [6.07, 6.45) is 0.394. The number of halogens is 1. The van der Waals surface area contributed by atoms with E-state index in [0.29, 0.717) is 29.2 Å². The summed E-state index contributed by atoms with van der Waals surface area (Å²) in [5.41, 5.74) is 2.09. The Bertz CT molecular complexity index is 480. The molecule has 1 heterocycles. The zero-order chi connectivity index (χ0) is 13.4. The van der Waals surface area contributed by atoms with E-state index in [-0.39, 0.29) is 5.91 Å². The van der Waals surface area contributed by atoms with Crippen LogP contribution in [0.4, 0.5) is 5.69 Å². The van der Waals surface area contributed by atoms with Gasteiger partial charge in [-0.1, -0.05) is 17.7 Å². The number of rotatable bonds is 1. The number of hydrogen-bond acceptors (Lipinski definition) is 2. The van der Waals surface area contributed by atoms with E-state index in [1.165, 1.54) is 6.92 Å². The first kappa shape index (κ1) is 12.9. The second kappa shape index (κ2) is 4.61. The van der Waals surface area contributed by atoms with E-state index in [9.17, 15) is 14.7 Å². The molecule has 1 unspecified atom stereocenters. The van der Waals surface area contributed by atoms with Crippen molar-refractivity contribution in [1.29, 1.82) is 0 Å². The van der Waals surface area contributed by atoms with Crippen molar-refractivity contribution >= 4 is 29.2 Å². The predicted octanol–water partition coefficient (Wildman–Crippen LogP) is 2.57. The van der Waals surface area contributed by atoms with Crippen molar-refractivity contribution in [2.24, 2.45) is 0 Å². The van der Waals surface area contributed by atoms with E-state index in [2.05, 4.69) is 0 Å². The molecule has 0 saturated carbocycles. The molecular weight excluding hydrogens is 254 g/mol.